The number of benzene rings is 1. The monoisotopic (exact) mass is 237 g/mol. The third-order valence-electron chi connectivity index (χ3n) is 2.18. The van der Waals surface area contributed by atoms with E-state index in [-0.39, 0.29) is 17.5 Å². The van der Waals surface area contributed by atoms with Crippen molar-refractivity contribution in [1.29, 1.82) is 0 Å². The van der Waals surface area contributed by atoms with Gasteiger partial charge in [-0.25, -0.2) is 0 Å². The minimum Gasteiger partial charge on any atom is -0.508 e. The average molecular weight is 237 g/mol. The minimum absolute atomic E-state index is 0.0457. The molecule has 2 rings (SSSR count). The second-order valence-corrected chi connectivity index (χ2v) is 4.19. The van der Waals surface area contributed by atoms with Gasteiger partial charge in [-0.3, -0.25) is 0 Å². The molecule has 0 spiro atoms. The van der Waals surface area contributed by atoms with Crippen LogP contribution in [0, 0.1) is 0 Å². The van der Waals surface area contributed by atoms with Gasteiger partial charge < -0.3 is 15.5 Å². The molecule has 2 aromatic rings. The van der Waals surface area contributed by atoms with Crippen LogP contribution in [0.3, 0.4) is 0 Å². The number of rotatable bonds is 3. The van der Waals surface area contributed by atoms with E-state index in [2.05, 4.69) is 15.5 Å². The zero-order chi connectivity index (χ0) is 11.5. The predicted molar refractivity (Wildman–Crippen MR) is 61.7 cm³/mol. The molecule has 0 aliphatic heterocycles. The molecule has 1 atom stereocenters. The van der Waals surface area contributed by atoms with Gasteiger partial charge in [0.15, 0.2) is 0 Å². The molecule has 1 aromatic carbocycles. The first-order chi connectivity index (χ1) is 7.66. The van der Waals surface area contributed by atoms with Crippen LogP contribution in [0.4, 0.5) is 5.13 Å². The summed E-state index contributed by atoms with van der Waals surface area (Å²) in [5, 5.41) is 30.2. The van der Waals surface area contributed by atoms with Gasteiger partial charge in [0.1, 0.15) is 17.0 Å². The van der Waals surface area contributed by atoms with Gasteiger partial charge in [0.25, 0.3) is 0 Å². The summed E-state index contributed by atoms with van der Waals surface area (Å²) < 4.78 is 0. The van der Waals surface area contributed by atoms with E-state index in [4.69, 9.17) is 0 Å². The smallest absolute Gasteiger partial charge is 0.205 e. The van der Waals surface area contributed by atoms with Crippen LogP contribution >= 0.6 is 11.3 Å². The van der Waals surface area contributed by atoms with Crippen LogP contribution in [-0.4, -0.2) is 20.4 Å². The molecule has 0 saturated carbocycles. The number of hydrogen-bond donors (Lipinski definition) is 3. The fraction of sp³-hybridized carbons (Fsp3) is 0.200. The number of aromatic nitrogens is 2. The molecule has 0 radical (unpaired) electrons. The molecule has 5 nitrogen and oxygen atoms in total. The van der Waals surface area contributed by atoms with E-state index in [1.807, 2.05) is 6.92 Å². The first kappa shape index (κ1) is 10.7. The van der Waals surface area contributed by atoms with Crippen LogP contribution in [-0.2, 0) is 0 Å². The van der Waals surface area contributed by atoms with Crippen LogP contribution < -0.4 is 5.32 Å². The second-order valence-electron chi connectivity index (χ2n) is 3.35. The SMILES string of the molecule is CC(Nc1nncs1)c1ccc(O)cc1O. The zero-order valence-electron chi connectivity index (χ0n) is 8.58. The number of phenolic OH excluding ortho intramolecular Hbond substituents is 2. The maximum absolute atomic E-state index is 9.66. The van der Waals surface area contributed by atoms with Gasteiger partial charge in [-0.15, -0.1) is 10.2 Å². The van der Waals surface area contributed by atoms with Crippen molar-refractivity contribution >= 4 is 16.5 Å². The lowest BCUT2D eigenvalue weighted by molar-refractivity contribution is 0.444. The van der Waals surface area contributed by atoms with E-state index in [0.717, 1.165) is 0 Å². The highest BCUT2D eigenvalue weighted by atomic mass is 32.1. The van der Waals surface area contributed by atoms with E-state index >= 15 is 0 Å². The highest BCUT2D eigenvalue weighted by molar-refractivity contribution is 7.13. The summed E-state index contributed by atoms with van der Waals surface area (Å²) in [6.07, 6.45) is 0. The molecular weight excluding hydrogens is 226 g/mol. The Labute approximate surface area is 96.4 Å². The molecule has 3 N–H and O–H groups in total. The van der Waals surface area contributed by atoms with Gasteiger partial charge >= 0.3 is 0 Å². The normalized spacial score (nSPS) is 12.3. The number of nitrogens with zero attached hydrogens (tertiary/aromatic N) is 2. The van der Waals surface area contributed by atoms with Crippen molar-refractivity contribution < 1.29 is 10.2 Å². The summed E-state index contributed by atoms with van der Waals surface area (Å²) >= 11 is 1.39. The van der Waals surface area contributed by atoms with E-state index in [9.17, 15) is 10.2 Å². The molecule has 84 valence electrons. The van der Waals surface area contributed by atoms with E-state index in [1.165, 1.54) is 23.5 Å². The van der Waals surface area contributed by atoms with Crippen LogP contribution in [0.2, 0.25) is 0 Å². The summed E-state index contributed by atoms with van der Waals surface area (Å²) in [5.74, 6) is 0.105. The average Bonchev–Trinajstić information content (AvgIpc) is 2.70. The maximum atomic E-state index is 9.66. The number of aromatic hydroxyl groups is 2. The number of hydrogen-bond acceptors (Lipinski definition) is 6. The molecule has 0 aliphatic rings. The van der Waals surface area contributed by atoms with E-state index in [1.54, 1.807) is 11.6 Å². The van der Waals surface area contributed by atoms with Crippen LogP contribution in [0.25, 0.3) is 0 Å². The van der Waals surface area contributed by atoms with Crippen molar-refractivity contribution in [2.45, 2.75) is 13.0 Å². The lowest BCUT2D eigenvalue weighted by Crippen LogP contribution is -2.06. The Morgan fingerprint density at radius 1 is 1.38 bits per heavy atom. The Morgan fingerprint density at radius 2 is 2.19 bits per heavy atom. The first-order valence-electron chi connectivity index (χ1n) is 4.71. The summed E-state index contributed by atoms with van der Waals surface area (Å²) in [7, 11) is 0. The van der Waals surface area contributed by atoms with Crippen LogP contribution in [0.1, 0.15) is 18.5 Å². The van der Waals surface area contributed by atoms with Gasteiger partial charge in [0, 0.05) is 11.6 Å². The van der Waals surface area contributed by atoms with Crippen molar-refractivity contribution in [3.05, 3.63) is 29.3 Å². The lowest BCUT2D eigenvalue weighted by Gasteiger charge is -2.14. The third kappa shape index (κ3) is 2.22. The van der Waals surface area contributed by atoms with Gasteiger partial charge in [0.05, 0.1) is 6.04 Å². The molecule has 0 amide bonds. The molecule has 6 heteroatoms. The van der Waals surface area contributed by atoms with E-state index in [0.29, 0.717) is 10.7 Å². The Bertz CT molecular complexity index is 473. The molecule has 16 heavy (non-hydrogen) atoms. The lowest BCUT2D eigenvalue weighted by atomic mass is 10.1. The van der Waals surface area contributed by atoms with Crippen LogP contribution in [0.5, 0.6) is 11.5 Å². The topological polar surface area (TPSA) is 78.3 Å². The highest BCUT2D eigenvalue weighted by Gasteiger charge is 2.11. The minimum atomic E-state index is -0.103. The molecule has 0 aliphatic carbocycles. The van der Waals surface area contributed by atoms with E-state index < -0.39 is 0 Å². The van der Waals surface area contributed by atoms with Crippen molar-refractivity contribution in [3.8, 4) is 11.5 Å². The Hall–Kier alpha value is -1.82. The van der Waals surface area contributed by atoms with Gasteiger partial charge in [0.2, 0.25) is 5.13 Å². The number of nitrogens with one attached hydrogen (secondary N) is 1. The van der Waals surface area contributed by atoms with Crippen molar-refractivity contribution in [3.63, 3.8) is 0 Å². The fourth-order valence-corrected chi connectivity index (χ4v) is 1.93. The van der Waals surface area contributed by atoms with Gasteiger partial charge in [-0.2, -0.15) is 0 Å². The summed E-state index contributed by atoms with van der Waals surface area (Å²) in [5.41, 5.74) is 2.33. The summed E-state index contributed by atoms with van der Waals surface area (Å²) in [4.78, 5) is 0. The molecular formula is C10H11N3O2S. The van der Waals surface area contributed by atoms with Gasteiger partial charge in [-0.1, -0.05) is 11.3 Å². The largest absolute Gasteiger partial charge is 0.508 e. The zero-order valence-corrected chi connectivity index (χ0v) is 9.40. The summed E-state index contributed by atoms with van der Waals surface area (Å²) in [6, 6.07) is 4.41. The molecule has 0 fully saturated rings. The van der Waals surface area contributed by atoms with Crippen molar-refractivity contribution in [1.82, 2.24) is 10.2 Å². The molecule has 1 aromatic heterocycles. The predicted octanol–water partition coefficient (Wildman–Crippen LogP) is 2.12. The van der Waals surface area contributed by atoms with Crippen LogP contribution in [0.15, 0.2) is 23.7 Å². The summed E-state index contributed by atoms with van der Waals surface area (Å²) in [6.45, 7) is 1.90. The Morgan fingerprint density at radius 3 is 2.81 bits per heavy atom. The van der Waals surface area contributed by atoms with Crippen molar-refractivity contribution in [2.24, 2.45) is 0 Å². The van der Waals surface area contributed by atoms with Gasteiger partial charge in [-0.05, 0) is 19.1 Å². The molecule has 0 bridgehead atoms. The van der Waals surface area contributed by atoms with Crippen molar-refractivity contribution in [2.75, 3.05) is 5.32 Å². The molecule has 1 unspecified atom stereocenters. The molecule has 0 saturated heterocycles. The Balaban J connectivity index is 2.17. The first-order valence-corrected chi connectivity index (χ1v) is 5.59. The second kappa shape index (κ2) is 4.36. The fourth-order valence-electron chi connectivity index (χ4n) is 1.40. The maximum Gasteiger partial charge on any atom is 0.205 e. The highest BCUT2D eigenvalue weighted by Crippen LogP contribution is 2.29. The Kier molecular flexibility index (Phi) is 2.91. The number of anilines is 1. The quantitative estimate of drug-likeness (QED) is 0.762. The standard InChI is InChI=1S/C10H11N3O2S/c1-6(12-10-13-11-5-16-10)8-3-2-7(14)4-9(8)15/h2-6,14-15H,1H3,(H,12,13). The number of phenols is 2. The molecule has 1 heterocycles. The third-order valence-corrected chi connectivity index (χ3v) is 2.80.